The molecule has 0 fully saturated rings. The highest BCUT2D eigenvalue weighted by Gasteiger charge is 2.33. The van der Waals surface area contributed by atoms with Gasteiger partial charge in [-0.2, -0.15) is 4.98 Å². The van der Waals surface area contributed by atoms with Crippen molar-refractivity contribution in [3.63, 3.8) is 0 Å². The van der Waals surface area contributed by atoms with Crippen LogP contribution in [0.4, 0.5) is 14.5 Å². The number of ether oxygens (including phenoxy) is 1. The van der Waals surface area contributed by atoms with Crippen molar-refractivity contribution in [3.05, 3.63) is 82.0 Å². The molecular weight excluding hydrogens is 456 g/mol. The molecule has 11 heteroatoms. The summed E-state index contributed by atoms with van der Waals surface area (Å²) >= 11 is 0. The topological polar surface area (TPSA) is 84.1 Å². The third-order valence-corrected chi connectivity index (χ3v) is 6.26. The number of nitrogens with zero attached hydrogens (tertiary/aromatic N) is 7. The molecular formula is C24H17F2N7O2. The molecule has 0 radical (unpaired) electrons. The van der Waals surface area contributed by atoms with Gasteiger partial charge in [-0.15, -0.1) is 0 Å². The fraction of sp³-hybridized carbons (Fsp3) is 0.208. The molecule has 3 aromatic heterocycles. The van der Waals surface area contributed by atoms with E-state index < -0.39 is 23.4 Å². The molecule has 35 heavy (non-hydrogen) atoms. The van der Waals surface area contributed by atoms with Crippen LogP contribution in [0.5, 0.6) is 5.75 Å². The normalized spacial score (nSPS) is 15.2. The average molecular weight is 473 g/mol. The lowest BCUT2D eigenvalue weighted by molar-refractivity contribution is 0.238. The molecule has 174 valence electrons. The van der Waals surface area contributed by atoms with Crippen LogP contribution in [-0.4, -0.2) is 35.3 Å². The van der Waals surface area contributed by atoms with E-state index in [1.54, 1.807) is 22.8 Å². The van der Waals surface area contributed by atoms with Crippen molar-refractivity contribution in [1.82, 2.24) is 28.7 Å². The van der Waals surface area contributed by atoms with E-state index in [1.165, 1.54) is 21.7 Å². The Hall–Kier alpha value is -4.59. The zero-order valence-corrected chi connectivity index (χ0v) is 18.4. The van der Waals surface area contributed by atoms with Crippen molar-refractivity contribution in [2.75, 3.05) is 6.61 Å². The zero-order chi connectivity index (χ0) is 24.3. The van der Waals surface area contributed by atoms with Gasteiger partial charge >= 0.3 is 5.69 Å². The number of rotatable bonds is 3. The maximum absolute atomic E-state index is 14.9. The molecule has 6 rings (SSSR count). The summed E-state index contributed by atoms with van der Waals surface area (Å²) in [6.07, 6.45) is 3.33. The predicted octanol–water partition coefficient (Wildman–Crippen LogP) is 4.15. The van der Waals surface area contributed by atoms with Crippen LogP contribution in [0.15, 0.2) is 47.7 Å². The third-order valence-electron chi connectivity index (χ3n) is 6.26. The number of hydrogen-bond acceptors (Lipinski definition) is 5. The van der Waals surface area contributed by atoms with Crippen molar-refractivity contribution in [3.8, 4) is 11.7 Å². The Bertz CT molecular complexity index is 1750. The summed E-state index contributed by atoms with van der Waals surface area (Å²) in [5.41, 5.74) is 2.06. The summed E-state index contributed by atoms with van der Waals surface area (Å²) in [5, 5.41) is 0. The third kappa shape index (κ3) is 3.03. The Morgan fingerprint density at radius 1 is 1.17 bits per heavy atom. The van der Waals surface area contributed by atoms with E-state index in [1.807, 2.05) is 6.92 Å². The standard InChI is InChI=1S/C24H17F2N7O2/c1-3-31-19-11-28-23(32-12-29-16-7-4-13(27-2)10-18(16)32)30-22(19)33(24(31)34)17-8-9-35-21-15(26)6-5-14(25)20(17)21/h4-7,10-12,17H,3,8-9H2,1H3. The van der Waals surface area contributed by atoms with Crippen molar-refractivity contribution in [2.45, 2.75) is 25.9 Å². The maximum Gasteiger partial charge on any atom is 0.330 e. The van der Waals surface area contributed by atoms with Crippen molar-refractivity contribution in [2.24, 2.45) is 0 Å². The Balaban J connectivity index is 1.62. The number of fused-ring (bicyclic) bond motifs is 3. The van der Waals surface area contributed by atoms with Crippen molar-refractivity contribution >= 4 is 27.9 Å². The first-order valence-electron chi connectivity index (χ1n) is 10.9. The van der Waals surface area contributed by atoms with Gasteiger partial charge < -0.3 is 4.74 Å². The van der Waals surface area contributed by atoms with Crippen LogP contribution in [0.25, 0.3) is 33.0 Å². The van der Waals surface area contributed by atoms with Crippen LogP contribution in [-0.2, 0) is 6.54 Å². The molecule has 0 bridgehead atoms. The van der Waals surface area contributed by atoms with Gasteiger partial charge in [-0.05, 0) is 31.2 Å². The summed E-state index contributed by atoms with van der Waals surface area (Å²) in [4.78, 5) is 30.4. The van der Waals surface area contributed by atoms with E-state index in [2.05, 4.69) is 19.8 Å². The molecule has 2 aromatic carbocycles. The second kappa shape index (κ2) is 7.73. The molecule has 0 saturated carbocycles. The first-order chi connectivity index (χ1) is 17.0. The minimum Gasteiger partial charge on any atom is -0.490 e. The van der Waals surface area contributed by atoms with Crippen LogP contribution in [0.3, 0.4) is 0 Å². The van der Waals surface area contributed by atoms with Gasteiger partial charge in [0.1, 0.15) is 17.7 Å². The number of benzene rings is 2. The van der Waals surface area contributed by atoms with Gasteiger partial charge in [0, 0.05) is 13.0 Å². The average Bonchev–Trinajstić information content (AvgIpc) is 3.42. The summed E-state index contributed by atoms with van der Waals surface area (Å²) in [6, 6.07) is 6.32. The molecule has 0 N–H and O–H groups in total. The van der Waals surface area contributed by atoms with Crippen LogP contribution < -0.4 is 10.4 Å². The first kappa shape index (κ1) is 21.0. The summed E-state index contributed by atoms with van der Waals surface area (Å²) in [5.74, 6) is -1.30. The molecule has 1 atom stereocenters. The maximum atomic E-state index is 14.9. The first-order valence-corrected chi connectivity index (χ1v) is 10.9. The smallest absolute Gasteiger partial charge is 0.330 e. The minimum atomic E-state index is -0.812. The van der Waals surface area contributed by atoms with Gasteiger partial charge in [0.05, 0.1) is 42.0 Å². The predicted molar refractivity (Wildman–Crippen MR) is 123 cm³/mol. The number of hydrogen-bond donors (Lipinski definition) is 0. The summed E-state index contributed by atoms with van der Waals surface area (Å²) in [7, 11) is 0. The van der Waals surface area contributed by atoms with Gasteiger partial charge in [0.2, 0.25) is 5.95 Å². The lowest BCUT2D eigenvalue weighted by Gasteiger charge is -2.27. The molecule has 0 amide bonds. The van der Waals surface area contributed by atoms with E-state index in [-0.39, 0.29) is 35.9 Å². The number of imidazole rings is 2. The van der Waals surface area contributed by atoms with E-state index >= 15 is 0 Å². The second-order valence-corrected chi connectivity index (χ2v) is 8.10. The van der Waals surface area contributed by atoms with Crippen molar-refractivity contribution < 1.29 is 13.5 Å². The Kier molecular flexibility index (Phi) is 4.63. The highest BCUT2D eigenvalue weighted by atomic mass is 19.1. The number of aromatic nitrogens is 6. The van der Waals surface area contributed by atoms with Gasteiger partial charge in [0.25, 0.3) is 0 Å². The lowest BCUT2D eigenvalue weighted by atomic mass is 9.99. The molecule has 5 aromatic rings. The molecule has 1 aliphatic rings. The fourth-order valence-corrected chi connectivity index (χ4v) is 4.66. The van der Waals surface area contributed by atoms with E-state index in [9.17, 15) is 13.6 Å². The largest absolute Gasteiger partial charge is 0.490 e. The van der Waals surface area contributed by atoms with E-state index in [0.29, 0.717) is 28.8 Å². The molecule has 0 saturated heterocycles. The van der Waals surface area contributed by atoms with Crippen molar-refractivity contribution in [1.29, 1.82) is 0 Å². The quantitative estimate of drug-likeness (QED) is 0.368. The zero-order valence-electron chi connectivity index (χ0n) is 18.4. The lowest BCUT2D eigenvalue weighted by Crippen LogP contribution is -2.31. The van der Waals surface area contributed by atoms with Gasteiger partial charge in [-0.3, -0.25) is 13.7 Å². The highest BCUT2D eigenvalue weighted by Crippen LogP contribution is 2.39. The number of halogens is 2. The van der Waals surface area contributed by atoms with Crippen LogP contribution in [0.2, 0.25) is 0 Å². The van der Waals surface area contributed by atoms with Gasteiger partial charge in [0.15, 0.2) is 22.9 Å². The van der Waals surface area contributed by atoms with Crippen LogP contribution >= 0.6 is 0 Å². The van der Waals surface area contributed by atoms with Gasteiger partial charge in [-0.1, -0.05) is 6.07 Å². The van der Waals surface area contributed by atoms with E-state index in [0.717, 1.165) is 12.1 Å². The molecule has 4 heterocycles. The second-order valence-electron chi connectivity index (χ2n) is 8.10. The minimum absolute atomic E-state index is 0.0107. The summed E-state index contributed by atoms with van der Waals surface area (Å²) < 4.78 is 39.3. The monoisotopic (exact) mass is 473 g/mol. The Morgan fingerprint density at radius 2 is 2.00 bits per heavy atom. The SMILES string of the molecule is [C-]#[N+]c1ccc2ncn(-c3ncc4c(n3)n(C3CCOc5c(F)ccc(F)c53)c(=O)n4CC)c2c1. The molecule has 1 unspecified atom stereocenters. The molecule has 0 spiro atoms. The Morgan fingerprint density at radius 3 is 2.80 bits per heavy atom. The van der Waals surface area contributed by atoms with Crippen LogP contribution in [0.1, 0.15) is 24.9 Å². The molecule has 9 nitrogen and oxygen atoms in total. The number of aryl methyl sites for hydroxylation is 1. The van der Waals surface area contributed by atoms with E-state index in [4.69, 9.17) is 11.3 Å². The molecule has 0 aliphatic carbocycles. The van der Waals surface area contributed by atoms with Crippen LogP contribution in [0, 0.1) is 18.2 Å². The molecule has 1 aliphatic heterocycles. The van der Waals surface area contributed by atoms with Gasteiger partial charge in [-0.25, -0.2) is 28.4 Å². The summed E-state index contributed by atoms with van der Waals surface area (Å²) in [6.45, 7) is 9.56. The highest BCUT2D eigenvalue weighted by molar-refractivity contribution is 5.81. The fourth-order valence-electron chi connectivity index (χ4n) is 4.66. The Labute approximate surface area is 196 Å².